The van der Waals surface area contributed by atoms with Crippen molar-refractivity contribution in [1.29, 1.82) is 0 Å². The van der Waals surface area contributed by atoms with Crippen LogP contribution in [0.15, 0.2) is 35.9 Å². The second-order valence-corrected chi connectivity index (χ2v) is 6.54. The van der Waals surface area contributed by atoms with Crippen LogP contribution in [0, 0.1) is 0 Å². The fourth-order valence-electron chi connectivity index (χ4n) is 2.56. The number of anilines is 1. The summed E-state index contributed by atoms with van der Waals surface area (Å²) < 4.78 is 11.4. The fourth-order valence-corrected chi connectivity index (χ4v) is 2.56. The van der Waals surface area contributed by atoms with Gasteiger partial charge in [-0.05, 0) is 38.5 Å². The predicted molar refractivity (Wildman–Crippen MR) is 96.6 cm³/mol. The lowest BCUT2D eigenvalue weighted by Gasteiger charge is -2.32. The van der Waals surface area contributed by atoms with Crippen LogP contribution in [0.2, 0.25) is 0 Å². The van der Waals surface area contributed by atoms with Crippen molar-refractivity contribution in [3.63, 3.8) is 0 Å². The number of benzene rings is 1. The zero-order valence-electron chi connectivity index (χ0n) is 15.0. The Labute approximate surface area is 144 Å². The average Bonchev–Trinajstić information content (AvgIpc) is 2.56. The van der Waals surface area contributed by atoms with Crippen LogP contribution in [-0.4, -0.2) is 52.0 Å². The van der Waals surface area contributed by atoms with Crippen molar-refractivity contribution in [2.75, 3.05) is 38.8 Å². The van der Waals surface area contributed by atoms with Gasteiger partial charge in [-0.25, -0.2) is 0 Å². The normalized spacial score (nSPS) is 20.3. The number of nitrogens with one attached hydrogen (secondary N) is 1. The van der Waals surface area contributed by atoms with E-state index in [0.717, 1.165) is 12.1 Å². The molecule has 1 aromatic rings. The summed E-state index contributed by atoms with van der Waals surface area (Å²) in [5, 5.41) is 3.11. The molecule has 0 aromatic heterocycles. The molecule has 2 rings (SSSR count). The molecule has 1 aliphatic heterocycles. The SMILES string of the molecule is CC(C)=CCO[C@@H]1COCC[C@H]1NC(=O)c1cccc(N(C)C)c1. The number of allylic oxidation sites excluding steroid dienone is 1. The Morgan fingerprint density at radius 3 is 2.92 bits per heavy atom. The van der Waals surface area contributed by atoms with Crippen LogP contribution in [0.1, 0.15) is 30.6 Å². The molecule has 5 heteroatoms. The molecule has 24 heavy (non-hydrogen) atoms. The van der Waals surface area contributed by atoms with Gasteiger partial charge < -0.3 is 19.7 Å². The van der Waals surface area contributed by atoms with E-state index < -0.39 is 0 Å². The molecule has 0 bridgehead atoms. The van der Waals surface area contributed by atoms with Crippen LogP contribution in [0.5, 0.6) is 0 Å². The quantitative estimate of drug-likeness (QED) is 0.814. The van der Waals surface area contributed by atoms with E-state index in [0.29, 0.717) is 25.4 Å². The molecule has 1 aliphatic rings. The lowest BCUT2D eigenvalue weighted by atomic mass is 10.0. The number of rotatable bonds is 6. The molecule has 132 valence electrons. The van der Waals surface area contributed by atoms with E-state index in [1.807, 2.05) is 63.2 Å². The summed E-state index contributed by atoms with van der Waals surface area (Å²) in [6.45, 7) is 5.78. The first-order chi connectivity index (χ1) is 11.5. The highest BCUT2D eigenvalue weighted by Gasteiger charge is 2.28. The zero-order chi connectivity index (χ0) is 17.5. The van der Waals surface area contributed by atoms with Gasteiger partial charge in [0.05, 0.1) is 19.3 Å². The topological polar surface area (TPSA) is 50.8 Å². The molecule has 1 fully saturated rings. The van der Waals surface area contributed by atoms with Crippen LogP contribution < -0.4 is 10.2 Å². The van der Waals surface area contributed by atoms with E-state index in [1.54, 1.807) is 0 Å². The molecule has 1 aromatic carbocycles. The number of ether oxygens (including phenoxy) is 2. The molecular formula is C19H28N2O3. The van der Waals surface area contributed by atoms with Gasteiger partial charge in [-0.15, -0.1) is 0 Å². The van der Waals surface area contributed by atoms with Crippen molar-refractivity contribution < 1.29 is 14.3 Å². The van der Waals surface area contributed by atoms with Gasteiger partial charge in [0.25, 0.3) is 5.91 Å². The molecule has 1 N–H and O–H groups in total. The number of hydrogen-bond donors (Lipinski definition) is 1. The monoisotopic (exact) mass is 332 g/mol. The summed E-state index contributed by atoms with van der Waals surface area (Å²) in [5.74, 6) is -0.0681. The summed E-state index contributed by atoms with van der Waals surface area (Å²) >= 11 is 0. The lowest BCUT2D eigenvalue weighted by molar-refractivity contribution is -0.0589. The Morgan fingerprint density at radius 2 is 2.21 bits per heavy atom. The zero-order valence-corrected chi connectivity index (χ0v) is 15.0. The minimum absolute atomic E-state index is 0.0279. The number of carbonyl (C=O) groups excluding carboxylic acids is 1. The maximum absolute atomic E-state index is 12.6. The van der Waals surface area contributed by atoms with Gasteiger partial charge in [-0.3, -0.25) is 4.79 Å². The summed E-state index contributed by atoms with van der Waals surface area (Å²) in [6, 6.07) is 7.59. The lowest BCUT2D eigenvalue weighted by Crippen LogP contribution is -2.50. The number of nitrogens with zero attached hydrogens (tertiary/aromatic N) is 1. The molecule has 0 aliphatic carbocycles. The van der Waals surface area contributed by atoms with Gasteiger partial charge in [-0.2, -0.15) is 0 Å². The minimum atomic E-state index is -0.115. The molecule has 1 heterocycles. The molecule has 5 nitrogen and oxygen atoms in total. The fraction of sp³-hybridized carbons (Fsp3) is 0.526. The third-order valence-electron chi connectivity index (χ3n) is 4.05. The maximum atomic E-state index is 12.6. The minimum Gasteiger partial charge on any atom is -0.379 e. The van der Waals surface area contributed by atoms with Crippen LogP contribution in [0.3, 0.4) is 0 Å². The van der Waals surface area contributed by atoms with E-state index in [-0.39, 0.29) is 18.1 Å². The largest absolute Gasteiger partial charge is 0.379 e. The molecule has 0 radical (unpaired) electrons. The van der Waals surface area contributed by atoms with Gasteiger partial charge in [0, 0.05) is 32.0 Å². The Bertz CT molecular complexity index is 580. The van der Waals surface area contributed by atoms with Crippen LogP contribution >= 0.6 is 0 Å². The first-order valence-electron chi connectivity index (χ1n) is 8.38. The van der Waals surface area contributed by atoms with Crippen molar-refractivity contribution in [3.8, 4) is 0 Å². The van der Waals surface area contributed by atoms with Gasteiger partial charge >= 0.3 is 0 Å². The second kappa shape index (κ2) is 8.85. The van der Waals surface area contributed by atoms with E-state index in [9.17, 15) is 4.79 Å². The standard InChI is InChI=1S/C19H28N2O3/c1-14(2)8-11-24-18-13-23-10-9-17(18)20-19(22)15-6-5-7-16(12-15)21(3)4/h5-8,12,17-18H,9-11,13H2,1-4H3,(H,20,22)/t17-,18-/m1/s1. The van der Waals surface area contributed by atoms with Gasteiger partial charge in [0.1, 0.15) is 6.10 Å². The molecule has 1 saturated heterocycles. The molecule has 0 saturated carbocycles. The Hall–Kier alpha value is -1.85. The number of carbonyl (C=O) groups is 1. The second-order valence-electron chi connectivity index (χ2n) is 6.54. The summed E-state index contributed by atoms with van der Waals surface area (Å²) in [4.78, 5) is 14.6. The first kappa shape index (κ1) is 18.5. The van der Waals surface area contributed by atoms with E-state index in [4.69, 9.17) is 9.47 Å². The summed E-state index contributed by atoms with van der Waals surface area (Å²) in [6.07, 6.45) is 2.68. The van der Waals surface area contributed by atoms with E-state index >= 15 is 0 Å². The Morgan fingerprint density at radius 1 is 1.42 bits per heavy atom. The summed E-state index contributed by atoms with van der Waals surface area (Å²) in [7, 11) is 3.92. The first-order valence-corrected chi connectivity index (χ1v) is 8.38. The highest BCUT2D eigenvalue weighted by atomic mass is 16.5. The predicted octanol–water partition coefficient (Wildman–Crippen LogP) is 2.62. The molecule has 1 amide bonds. The van der Waals surface area contributed by atoms with Crippen molar-refractivity contribution in [3.05, 3.63) is 41.5 Å². The van der Waals surface area contributed by atoms with E-state index in [2.05, 4.69) is 5.32 Å². The number of hydrogen-bond acceptors (Lipinski definition) is 4. The molecule has 0 spiro atoms. The third-order valence-corrected chi connectivity index (χ3v) is 4.05. The Balaban J connectivity index is 1.99. The van der Waals surface area contributed by atoms with E-state index in [1.165, 1.54) is 5.57 Å². The van der Waals surface area contributed by atoms with Crippen molar-refractivity contribution >= 4 is 11.6 Å². The smallest absolute Gasteiger partial charge is 0.251 e. The molecule has 2 atom stereocenters. The third kappa shape index (κ3) is 5.35. The van der Waals surface area contributed by atoms with Crippen LogP contribution in [-0.2, 0) is 9.47 Å². The van der Waals surface area contributed by atoms with Gasteiger partial charge in [-0.1, -0.05) is 17.7 Å². The van der Waals surface area contributed by atoms with Gasteiger partial charge in [0.2, 0.25) is 0 Å². The number of amides is 1. The van der Waals surface area contributed by atoms with Crippen molar-refractivity contribution in [2.45, 2.75) is 32.4 Å². The van der Waals surface area contributed by atoms with Crippen LogP contribution in [0.25, 0.3) is 0 Å². The highest BCUT2D eigenvalue weighted by Crippen LogP contribution is 2.16. The van der Waals surface area contributed by atoms with Crippen molar-refractivity contribution in [1.82, 2.24) is 5.32 Å². The van der Waals surface area contributed by atoms with Crippen molar-refractivity contribution in [2.24, 2.45) is 0 Å². The highest BCUT2D eigenvalue weighted by molar-refractivity contribution is 5.95. The molecular weight excluding hydrogens is 304 g/mol. The molecule has 0 unspecified atom stereocenters. The average molecular weight is 332 g/mol. The van der Waals surface area contributed by atoms with Crippen LogP contribution in [0.4, 0.5) is 5.69 Å². The maximum Gasteiger partial charge on any atom is 0.251 e. The summed E-state index contributed by atoms with van der Waals surface area (Å²) in [5.41, 5.74) is 2.88. The van der Waals surface area contributed by atoms with Gasteiger partial charge in [0.15, 0.2) is 0 Å². The Kier molecular flexibility index (Phi) is 6.82.